The van der Waals surface area contributed by atoms with Gasteiger partial charge in [0.25, 0.3) is 0 Å². The molecule has 0 saturated heterocycles. The van der Waals surface area contributed by atoms with Gasteiger partial charge < -0.3 is 9.84 Å². The Hall–Kier alpha value is -1.56. The van der Waals surface area contributed by atoms with E-state index in [-0.39, 0.29) is 0 Å². The molecule has 2 atom stereocenters. The Morgan fingerprint density at radius 1 is 1.33 bits per heavy atom. The van der Waals surface area contributed by atoms with Crippen molar-refractivity contribution in [3.05, 3.63) is 29.8 Å². The van der Waals surface area contributed by atoms with Crippen molar-refractivity contribution in [2.24, 2.45) is 5.41 Å². The molecule has 2 unspecified atom stereocenters. The summed E-state index contributed by atoms with van der Waals surface area (Å²) >= 11 is 0. The summed E-state index contributed by atoms with van der Waals surface area (Å²) in [6.07, 6.45) is -6.25. The molecular formula is C15H17F3O3. The summed E-state index contributed by atoms with van der Waals surface area (Å²) in [5.41, 5.74) is -3.46. The molecule has 21 heavy (non-hydrogen) atoms. The second kappa shape index (κ2) is 5.02. The van der Waals surface area contributed by atoms with E-state index in [4.69, 9.17) is 4.74 Å². The van der Waals surface area contributed by atoms with Crippen LogP contribution in [0.2, 0.25) is 0 Å². The van der Waals surface area contributed by atoms with E-state index in [0.29, 0.717) is 12.2 Å². The normalized spacial score (nSPS) is 21.3. The Kier molecular flexibility index (Phi) is 3.78. The molecule has 1 aliphatic rings. The predicted molar refractivity (Wildman–Crippen MR) is 70.0 cm³/mol. The van der Waals surface area contributed by atoms with Crippen LogP contribution in [0.15, 0.2) is 24.3 Å². The van der Waals surface area contributed by atoms with Gasteiger partial charge in [-0.2, -0.15) is 13.2 Å². The average Bonchev–Trinajstić information content (AvgIpc) is 2.81. The van der Waals surface area contributed by atoms with Crippen LogP contribution in [0, 0.1) is 5.41 Å². The second-order valence-electron chi connectivity index (χ2n) is 6.12. The van der Waals surface area contributed by atoms with Crippen molar-refractivity contribution >= 4 is 6.29 Å². The van der Waals surface area contributed by atoms with Crippen molar-refractivity contribution in [1.82, 2.24) is 0 Å². The summed E-state index contributed by atoms with van der Waals surface area (Å²) in [5, 5.41) is 9.62. The van der Waals surface area contributed by atoms with E-state index < -0.39 is 36.0 Å². The van der Waals surface area contributed by atoms with Crippen LogP contribution in [0.25, 0.3) is 0 Å². The van der Waals surface area contributed by atoms with Gasteiger partial charge in [-0.25, -0.2) is 0 Å². The van der Waals surface area contributed by atoms with Gasteiger partial charge in [0, 0.05) is 18.3 Å². The van der Waals surface area contributed by atoms with E-state index in [2.05, 4.69) is 0 Å². The van der Waals surface area contributed by atoms with Crippen LogP contribution in [0.4, 0.5) is 13.2 Å². The van der Waals surface area contributed by atoms with Crippen LogP contribution in [0.1, 0.15) is 25.8 Å². The number of ether oxygens (including phenoxy) is 1. The quantitative estimate of drug-likeness (QED) is 0.870. The number of halogens is 3. The van der Waals surface area contributed by atoms with Gasteiger partial charge in [-0.05, 0) is 11.6 Å². The fourth-order valence-corrected chi connectivity index (χ4v) is 2.64. The van der Waals surface area contributed by atoms with Gasteiger partial charge in [-0.1, -0.05) is 32.0 Å². The number of benzene rings is 1. The number of hydrogen-bond donors (Lipinski definition) is 1. The van der Waals surface area contributed by atoms with Crippen molar-refractivity contribution < 1.29 is 27.8 Å². The van der Waals surface area contributed by atoms with Crippen LogP contribution < -0.4 is 4.74 Å². The molecule has 1 aromatic rings. The monoisotopic (exact) mass is 302 g/mol. The third-order valence-electron chi connectivity index (χ3n) is 3.93. The first-order valence-corrected chi connectivity index (χ1v) is 6.59. The fraction of sp³-hybridized carbons (Fsp3) is 0.533. The minimum atomic E-state index is -5.00. The average molecular weight is 302 g/mol. The number of aliphatic hydroxyl groups is 1. The Balaban J connectivity index is 2.19. The van der Waals surface area contributed by atoms with E-state index in [1.165, 1.54) is 0 Å². The number of fused-ring (bicyclic) bond motifs is 1. The van der Waals surface area contributed by atoms with Gasteiger partial charge in [0.2, 0.25) is 5.60 Å². The highest BCUT2D eigenvalue weighted by molar-refractivity contribution is 5.63. The summed E-state index contributed by atoms with van der Waals surface area (Å²) in [6, 6.07) is 7.21. The third kappa shape index (κ3) is 2.90. The largest absolute Gasteiger partial charge is 0.489 e. The van der Waals surface area contributed by atoms with Crippen LogP contribution >= 0.6 is 0 Å². The number of carbonyl (C=O) groups excluding carboxylic acids is 1. The van der Waals surface area contributed by atoms with Crippen LogP contribution in [-0.4, -0.2) is 29.3 Å². The summed E-state index contributed by atoms with van der Waals surface area (Å²) < 4.78 is 44.3. The maximum absolute atomic E-state index is 12.9. The van der Waals surface area contributed by atoms with Gasteiger partial charge in [-0.3, -0.25) is 4.79 Å². The van der Waals surface area contributed by atoms with E-state index in [0.717, 1.165) is 5.56 Å². The second-order valence-corrected chi connectivity index (χ2v) is 6.12. The van der Waals surface area contributed by atoms with Crippen molar-refractivity contribution in [2.75, 3.05) is 0 Å². The molecule has 0 spiro atoms. The summed E-state index contributed by atoms with van der Waals surface area (Å²) in [6.45, 7) is 3.12. The lowest BCUT2D eigenvalue weighted by molar-refractivity contribution is -0.255. The number of hydrogen-bond acceptors (Lipinski definition) is 3. The first kappa shape index (κ1) is 15.8. The standard InChI is InChI=1S/C15H17F3O3/c1-13(2,8-14(20,9-19)15(16,17)18)12-7-10-5-3-4-6-11(10)21-12/h3-6,9,12,20H,7-8H2,1-2H3. The zero-order chi connectivity index (χ0) is 15.9. The molecule has 1 aromatic carbocycles. The Morgan fingerprint density at radius 3 is 2.48 bits per heavy atom. The summed E-state index contributed by atoms with van der Waals surface area (Å²) in [5.74, 6) is 0.636. The minimum absolute atomic E-state index is 0.434. The molecule has 0 radical (unpaired) electrons. The molecule has 3 nitrogen and oxygen atoms in total. The third-order valence-corrected chi connectivity index (χ3v) is 3.93. The van der Waals surface area contributed by atoms with Gasteiger partial charge in [-0.15, -0.1) is 0 Å². The molecular weight excluding hydrogens is 285 g/mol. The van der Waals surface area contributed by atoms with Crippen molar-refractivity contribution in [3.63, 3.8) is 0 Å². The molecule has 0 fully saturated rings. The summed E-state index contributed by atoms with van der Waals surface area (Å²) in [4.78, 5) is 10.8. The molecule has 1 heterocycles. The first-order chi connectivity index (χ1) is 9.59. The molecule has 0 bridgehead atoms. The molecule has 0 aliphatic carbocycles. The van der Waals surface area contributed by atoms with Crippen molar-refractivity contribution in [3.8, 4) is 5.75 Å². The molecule has 0 amide bonds. The molecule has 2 rings (SSSR count). The highest BCUT2D eigenvalue weighted by Crippen LogP contribution is 2.44. The lowest BCUT2D eigenvalue weighted by Gasteiger charge is -2.37. The highest BCUT2D eigenvalue weighted by Gasteiger charge is 2.57. The van der Waals surface area contributed by atoms with Gasteiger partial charge >= 0.3 is 6.18 Å². The number of alkyl halides is 3. The smallest absolute Gasteiger partial charge is 0.424 e. The molecule has 6 heteroatoms. The predicted octanol–water partition coefficient (Wildman–Crippen LogP) is 2.90. The first-order valence-electron chi connectivity index (χ1n) is 6.59. The fourth-order valence-electron chi connectivity index (χ4n) is 2.64. The van der Waals surface area contributed by atoms with Gasteiger partial charge in [0.1, 0.15) is 11.9 Å². The van der Waals surface area contributed by atoms with Gasteiger partial charge in [0.05, 0.1) is 0 Å². The number of carbonyl (C=O) groups is 1. The van der Waals surface area contributed by atoms with E-state index in [1.807, 2.05) is 12.1 Å². The van der Waals surface area contributed by atoms with Gasteiger partial charge in [0.15, 0.2) is 6.29 Å². The van der Waals surface area contributed by atoms with Crippen molar-refractivity contribution in [2.45, 2.75) is 44.6 Å². The van der Waals surface area contributed by atoms with Crippen LogP contribution in [-0.2, 0) is 11.2 Å². The van der Waals surface area contributed by atoms with E-state index >= 15 is 0 Å². The highest BCUT2D eigenvalue weighted by atomic mass is 19.4. The molecule has 0 saturated carbocycles. The molecule has 0 aromatic heterocycles. The lowest BCUT2D eigenvalue weighted by Crippen LogP contribution is -2.52. The zero-order valence-corrected chi connectivity index (χ0v) is 11.8. The molecule has 116 valence electrons. The lowest BCUT2D eigenvalue weighted by atomic mass is 9.75. The van der Waals surface area contributed by atoms with Crippen molar-refractivity contribution in [1.29, 1.82) is 0 Å². The Morgan fingerprint density at radius 2 is 1.95 bits per heavy atom. The van der Waals surface area contributed by atoms with Crippen LogP contribution in [0.5, 0.6) is 5.75 Å². The molecule has 1 aliphatic heterocycles. The Bertz CT molecular complexity index is 514. The topological polar surface area (TPSA) is 46.5 Å². The number of rotatable bonds is 4. The number of para-hydroxylation sites is 1. The zero-order valence-electron chi connectivity index (χ0n) is 11.8. The summed E-state index contributed by atoms with van der Waals surface area (Å²) in [7, 11) is 0. The Labute approximate surface area is 120 Å². The van der Waals surface area contributed by atoms with E-state index in [1.54, 1.807) is 26.0 Å². The number of aldehydes is 1. The van der Waals surface area contributed by atoms with E-state index in [9.17, 15) is 23.1 Å². The SMILES string of the molecule is CC(C)(CC(O)(C=O)C(F)(F)F)C1Cc2ccccc2O1. The molecule has 1 N–H and O–H groups in total. The maximum Gasteiger partial charge on any atom is 0.424 e. The maximum atomic E-state index is 12.9. The minimum Gasteiger partial charge on any atom is -0.489 e. The van der Waals surface area contributed by atoms with Crippen LogP contribution in [0.3, 0.4) is 0 Å².